The van der Waals surface area contributed by atoms with Crippen LogP contribution >= 0.6 is 0 Å². The Morgan fingerprint density at radius 2 is 1.86 bits per heavy atom. The van der Waals surface area contributed by atoms with Crippen molar-refractivity contribution >= 4 is 11.7 Å². The van der Waals surface area contributed by atoms with Gasteiger partial charge in [-0.05, 0) is 18.6 Å². The topological polar surface area (TPSA) is 74.7 Å². The van der Waals surface area contributed by atoms with Crippen molar-refractivity contribution in [1.29, 1.82) is 0 Å². The van der Waals surface area contributed by atoms with Crippen LogP contribution in [-0.4, -0.2) is 89.7 Å². The number of hydrogen-bond acceptors (Lipinski definition) is 7. The van der Waals surface area contributed by atoms with Crippen LogP contribution in [-0.2, 0) is 16.0 Å². The number of rotatable bonds is 5. The number of ether oxygens (including phenoxy) is 1. The normalized spacial score (nSPS) is 18.1. The first kappa shape index (κ1) is 19.7. The van der Waals surface area contributed by atoms with Gasteiger partial charge in [0.2, 0.25) is 5.91 Å². The summed E-state index contributed by atoms with van der Waals surface area (Å²) >= 11 is 0. The van der Waals surface area contributed by atoms with Crippen molar-refractivity contribution in [2.75, 3.05) is 63.9 Å². The van der Waals surface area contributed by atoms with E-state index < -0.39 is 0 Å². The first-order valence-electron chi connectivity index (χ1n) is 10.3. The molecule has 2 saturated heterocycles. The molecular weight excluding hydrogens is 368 g/mol. The maximum Gasteiger partial charge on any atom is 0.236 e. The van der Waals surface area contributed by atoms with Crippen LogP contribution in [0.15, 0.2) is 30.5 Å². The molecule has 2 aliphatic heterocycles. The number of piperazine rings is 1. The molecule has 0 unspecified atom stereocenters. The van der Waals surface area contributed by atoms with Crippen LogP contribution in [0.4, 0.5) is 5.82 Å². The number of morpholine rings is 1. The van der Waals surface area contributed by atoms with Gasteiger partial charge in [0.05, 0.1) is 19.8 Å². The predicted molar refractivity (Wildman–Crippen MR) is 111 cm³/mol. The molecule has 0 bridgehead atoms. The van der Waals surface area contributed by atoms with Gasteiger partial charge in [-0.1, -0.05) is 13.0 Å². The summed E-state index contributed by atoms with van der Waals surface area (Å²) in [5.74, 6) is 1.82. The fraction of sp³-hybridized carbons (Fsp3) is 0.524. The Hall–Kier alpha value is -2.58. The van der Waals surface area contributed by atoms with Crippen molar-refractivity contribution in [3.63, 3.8) is 0 Å². The highest BCUT2D eigenvalue weighted by molar-refractivity contribution is 5.78. The van der Waals surface area contributed by atoms with E-state index in [-0.39, 0.29) is 5.91 Å². The highest BCUT2D eigenvalue weighted by Crippen LogP contribution is 2.20. The molecule has 0 atom stereocenters. The molecular formula is C21H28N6O2. The summed E-state index contributed by atoms with van der Waals surface area (Å²) in [5.41, 5.74) is 1.80. The van der Waals surface area contributed by atoms with E-state index in [1.807, 2.05) is 23.1 Å². The molecule has 0 radical (unpaired) electrons. The molecule has 1 amide bonds. The summed E-state index contributed by atoms with van der Waals surface area (Å²) in [6.07, 6.45) is 2.62. The number of pyridine rings is 1. The van der Waals surface area contributed by atoms with Gasteiger partial charge in [-0.2, -0.15) is 0 Å². The number of amides is 1. The van der Waals surface area contributed by atoms with Gasteiger partial charge in [0.25, 0.3) is 0 Å². The number of anilines is 1. The van der Waals surface area contributed by atoms with Crippen LogP contribution in [0.1, 0.15) is 12.6 Å². The Bertz CT molecular complexity index is 817. The third kappa shape index (κ3) is 4.89. The molecule has 0 aromatic carbocycles. The molecule has 2 aromatic rings. The molecule has 8 heteroatoms. The molecule has 0 aliphatic carbocycles. The van der Waals surface area contributed by atoms with Gasteiger partial charge in [-0.3, -0.25) is 14.7 Å². The summed E-state index contributed by atoms with van der Waals surface area (Å²) in [5, 5.41) is 0. The lowest BCUT2D eigenvalue weighted by Gasteiger charge is -2.36. The van der Waals surface area contributed by atoms with E-state index in [2.05, 4.69) is 32.8 Å². The lowest BCUT2D eigenvalue weighted by Crippen LogP contribution is -2.51. The average molecular weight is 396 g/mol. The van der Waals surface area contributed by atoms with Gasteiger partial charge < -0.3 is 14.5 Å². The van der Waals surface area contributed by atoms with E-state index in [1.54, 1.807) is 6.20 Å². The fourth-order valence-electron chi connectivity index (χ4n) is 3.67. The molecule has 4 heterocycles. The maximum absolute atomic E-state index is 12.5. The van der Waals surface area contributed by atoms with Crippen molar-refractivity contribution in [1.82, 2.24) is 24.8 Å². The summed E-state index contributed by atoms with van der Waals surface area (Å²) in [6, 6.07) is 7.86. The van der Waals surface area contributed by atoms with Crippen molar-refractivity contribution < 1.29 is 9.53 Å². The third-order valence-corrected chi connectivity index (χ3v) is 5.44. The Labute approximate surface area is 171 Å². The van der Waals surface area contributed by atoms with Crippen LogP contribution in [0.3, 0.4) is 0 Å². The molecule has 2 aromatic heterocycles. The fourth-order valence-corrected chi connectivity index (χ4v) is 3.67. The number of nitrogens with zero attached hydrogens (tertiary/aromatic N) is 6. The minimum Gasteiger partial charge on any atom is -0.378 e. The zero-order chi connectivity index (χ0) is 20.1. The quantitative estimate of drug-likeness (QED) is 0.749. The largest absolute Gasteiger partial charge is 0.378 e. The van der Waals surface area contributed by atoms with Gasteiger partial charge in [0.1, 0.15) is 11.5 Å². The second kappa shape index (κ2) is 9.28. The first-order chi connectivity index (χ1) is 14.2. The van der Waals surface area contributed by atoms with Crippen molar-refractivity contribution in [2.24, 2.45) is 0 Å². The van der Waals surface area contributed by atoms with Crippen LogP contribution in [0.2, 0.25) is 0 Å². The number of carbonyl (C=O) groups is 1. The molecule has 154 valence electrons. The Morgan fingerprint density at radius 1 is 1.07 bits per heavy atom. The Morgan fingerprint density at radius 3 is 2.55 bits per heavy atom. The molecule has 0 saturated carbocycles. The Kier molecular flexibility index (Phi) is 6.31. The van der Waals surface area contributed by atoms with Crippen molar-refractivity contribution in [3.05, 3.63) is 36.2 Å². The SMILES string of the molecule is CCc1cc(N2CCN(CC(=O)N3CCOCC3)CC2)nc(-c2ccccn2)n1. The molecule has 29 heavy (non-hydrogen) atoms. The van der Waals surface area contributed by atoms with Crippen LogP contribution < -0.4 is 4.90 Å². The monoisotopic (exact) mass is 396 g/mol. The highest BCUT2D eigenvalue weighted by Gasteiger charge is 2.24. The standard InChI is InChI=1S/C21H28N6O2/c1-2-17-15-19(24-21(23-17)18-5-3-4-6-22-18)26-9-7-25(8-10-26)16-20(28)27-11-13-29-14-12-27/h3-6,15H,2,7-14,16H2,1H3. The van der Waals surface area contributed by atoms with Crippen molar-refractivity contribution in [2.45, 2.75) is 13.3 Å². The van der Waals surface area contributed by atoms with Crippen LogP contribution in [0, 0.1) is 0 Å². The zero-order valence-corrected chi connectivity index (χ0v) is 17.0. The van der Waals surface area contributed by atoms with Gasteiger partial charge >= 0.3 is 0 Å². The zero-order valence-electron chi connectivity index (χ0n) is 17.0. The highest BCUT2D eigenvalue weighted by atomic mass is 16.5. The summed E-state index contributed by atoms with van der Waals surface area (Å²) in [4.78, 5) is 32.7. The second-order valence-electron chi connectivity index (χ2n) is 7.37. The van der Waals surface area contributed by atoms with E-state index in [0.29, 0.717) is 38.7 Å². The van der Waals surface area contributed by atoms with Gasteiger partial charge in [0, 0.05) is 57.2 Å². The van der Waals surface area contributed by atoms with E-state index in [4.69, 9.17) is 9.72 Å². The minimum absolute atomic E-state index is 0.203. The molecule has 0 spiro atoms. The van der Waals surface area contributed by atoms with E-state index in [0.717, 1.165) is 49.8 Å². The summed E-state index contributed by atoms with van der Waals surface area (Å²) < 4.78 is 5.33. The summed E-state index contributed by atoms with van der Waals surface area (Å²) in [7, 11) is 0. The minimum atomic E-state index is 0.203. The van der Waals surface area contributed by atoms with E-state index >= 15 is 0 Å². The third-order valence-electron chi connectivity index (χ3n) is 5.44. The second-order valence-corrected chi connectivity index (χ2v) is 7.37. The molecule has 2 fully saturated rings. The smallest absolute Gasteiger partial charge is 0.236 e. The molecule has 0 N–H and O–H groups in total. The van der Waals surface area contributed by atoms with E-state index in [1.165, 1.54) is 0 Å². The molecule has 2 aliphatic rings. The number of hydrogen-bond donors (Lipinski definition) is 0. The lowest BCUT2D eigenvalue weighted by molar-refractivity contribution is -0.136. The number of aromatic nitrogens is 3. The Balaban J connectivity index is 1.39. The number of carbonyl (C=O) groups excluding carboxylic acids is 1. The lowest BCUT2D eigenvalue weighted by atomic mass is 10.2. The van der Waals surface area contributed by atoms with Crippen LogP contribution in [0.5, 0.6) is 0 Å². The van der Waals surface area contributed by atoms with Gasteiger partial charge in [0.15, 0.2) is 5.82 Å². The average Bonchev–Trinajstić information content (AvgIpc) is 2.80. The van der Waals surface area contributed by atoms with Gasteiger partial charge in [-0.15, -0.1) is 0 Å². The summed E-state index contributed by atoms with van der Waals surface area (Å²) in [6.45, 7) is 8.67. The van der Waals surface area contributed by atoms with E-state index in [9.17, 15) is 4.79 Å². The predicted octanol–water partition coefficient (Wildman–Crippen LogP) is 1.08. The number of aryl methyl sites for hydroxylation is 1. The maximum atomic E-state index is 12.5. The van der Waals surface area contributed by atoms with Gasteiger partial charge in [-0.25, -0.2) is 9.97 Å². The van der Waals surface area contributed by atoms with Crippen molar-refractivity contribution in [3.8, 4) is 11.5 Å². The first-order valence-corrected chi connectivity index (χ1v) is 10.3. The molecule has 4 rings (SSSR count). The molecule has 8 nitrogen and oxygen atoms in total. The van der Waals surface area contributed by atoms with Crippen LogP contribution in [0.25, 0.3) is 11.5 Å².